The van der Waals surface area contributed by atoms with Gasteiger partial charge in [0.25, 0.3) is 5.92 Å². The van der Waals surface area contributed by atoms with Crippen molar-refractivity contribution in [2.45, 2.75) is 63.5 Å². The molecule has 0 radical (unpaired) electrons. The molecule has 2 aromatic rings. The number of fused-ring (bicyclic) bond motifs is 1. The zero-order valence-corrected chi connectivity index (χ0v) is 25.0. The van der Waals surface area contributed by atoms with Gasteiger partial charge in [0.2, 0.25) is 5.91 Å². The Morgan fingerprint density at radius 2 is 1.85 bits per heavy atom. The monoisotopic (exact) mass is 601 g/mol. The number of hydrogen-bond donors (Lipinski definition) is 1. The van der Waals surface area contributed by atoms with E-state index in [9.17, 15) is 18.0 Å². The highest BCUT2D eigenvalue weighted by Crippen LogP contribution is 2.40. The molecule has 1 amide bonds. The smallest absolute Gasteiger partial charge is 0.260 e. The maximum Gasteiger partial charge on any atom is 0.260 e. The number of carbonyl (C=O) groups is 1. The van der Waals surface area contributed by atoms with E-state index in [2.05, 4.69) is 31.0 Å². The lowest BCUT2D eigenvalue weighted by molar-refractivity contribution is -0.121. The second kappa shape index (κ2) is 12.9. The number of piperazine rings is 1. The molecule has 2 atom stereocenters. The molecule has 3 aliphatic rings. The number of carbonyl (C=O) groups excluding carboxylic acids is 1. The predicted octanol–water partition coefficient (Wildman–Crippen LogP) is 4.67. The van der Waals surface area contributed by atoms with Gasteiger partial charge >= 0.3 is 0 Å². The van der Waals surface area contributed by atoms with Crippen molar-refractivity contribution in [3.05, 3.63) is 59.2 Å². The fraction of sp³-hybridized carbons (Fsp3) is 0.586. The first kappa shape index (κ1) is 32.6. The molecule has 0 bridgehead atoms. The van der Waals surface area contributed by atoms with E-state index in [1.165, 1.54) is 12.1 Å². The predicted molar refractivity (Wildman–Crippen MR) is 157 cm³/mol. The Labute approximate surface area is 247 Å². The van der Waals surface area contributed by atoms with Crippen molar-refractivity contribution >= 4 is 36.4 Å². The van der Waals surface area contributed by atoms with Gasteiger partial charge < -0.3 is 10.2 Å². The molecule has 0 saturated carbocycles. The fourth-order valence-electron chi connectivity index (χ4n) is 6.10. The molecule has 1 aromatic carbocycles. The van der Waals surface area contributed by atoms with E-state index in [1.807, 2.05) is 22.1 Å². The number of anilines is 1. The topological polar surface area (TPSA) is 51.7 Å². The summed E-state index contributed by atoms with van der Waals surface area (Å²) in [5.74, 6) is -2.91. The first-order chi connectivity index (χ1) is 18.0. The number of benzene rings is 1. The largest absolute Gasteiger partial charge is 0.311 e. The van der Waals surface area contributed by atoms with Gasteiger partial charge in [0.05, 0.1) is 24.5 Å². The van der Waals surface area contributed by atoms with E-state index in [0.29, 0.717) is 45.6 Å². The van der Waals surface area contributed by atoms with Gasteiger partial charge in [-0.25, -0.2) is 13.2 Å². The van der Waals surface area contributed by atoms with Crippen LogP contribution in [0.4, 0.5) is 18.9 Å². The Morgan fingerprint density at radius 1 is 1.12 bits per heavy atom. The van der Waals surface area contributed by atoms with Crippen molar-refractivity contribution in [2.75, 3.05) is 50.7 Å². The first-order valence-electron chi connectivity index (χ1n) is 13.6. The number of nitrogens with zero attached hydrogens (tertiary/aromatic N) is 4. The quantitative estimate of drug-likeness (QED) is 0.521. The molecule has 2 saturated heterocycles. The van der Waals surface area contributed by atoms with Crippen molar-refractivity contribution < 1.29 is 18.0 Å². The van der Waals surface area contributed by atoms with Crippen LogP contribution in [0.5, 0.6) is 0 Å². The highest BCUT2D eigenvalue weighted by molar-refractivity contribution is 5.97. The number of alkyl halides is 2. The third kappa shape index (κ3) is 7.48. The minimum Gasteiger partial charge on any atom is -0.311 e. The van der Waals surface area contributed by atoms with E-state index in [1.54, 1.807) is 12.1 Å². The van der Waals surface area contributed by atoms with Gasteiger partial charge in [-0.1, -0.05) is 26.0 Å². The Hall–Kier alpha value is -1.91. The molecular weight excluding hydrogens is 562 g/mol. The van der Waals surface area contributed by atoms with Crippen molar-refractivity contribution in [3.8, 4) is 0 Å². The Bertz CT molecular complexity index is 1170. The van der Waals surface area contributed by atoms with E-state index in [-0.39, 0.29) is 73.5 Å². The van der Waals surface area contributed by atoms with Crippen LogP contribution in [0, 0.1) is 5.82 Å². The van der Waals surface area contributed by atoms with Crippen LogP contribution >= 0.6 is 24.8 Å². The second-order valence-electron chi connectivity index (χ2n) is 12.0. The lowest BCUT2D eigenvalue weighted by Crippen LogP contribution is -2.61. The molecule has 1 N–H and O–H groups in total. The van der Waals surface area contributed by atoms with Gasteiger partial charge in [0.1, 0.15) is 5.82 Å². The van der Waals surface area contributed by atoms with E-state index in [4.69, 9.17) is 4.98 Å². The number of piperidine rings is 1. The molecule has 0 spiro atoms. The van der Waals surface area contributed by atoms with Gasteiger partial charge in [0, 0.05) is 56.3 Å². The zero-order valence-electron chi connectivity index (χ0n) is 23.3. The minimum absolute atomic E-state index is 0. The van der Waals surface area contributed by atoms with E-state index < -0.39 is 5.92 Å². The number of hydrogen-bond acceptors (Lipinski definition) is 5. The van der Waals surface area contributed by atoms with E-state index >= 15 is 0 Å². The summed E-state index contributed by atoms with van der Waals surface area (Å²) < 4.78 is 41.4. The molecule has 0 aliphatic carbocycles. The lowest BCUT2D eigenvalue weighted by atomic mass is 9.91. The average molecular weight is 603 g/mol. The minimum atomic E-state index is -2.64. The Morgan fingerprint density at radius 3 is 2.55 bits per heavy atom. The maximum atomic E-state index is 14.0. The van der Waals surface area contributed by atoms with Crippen LogP contribution in [0.2, 0.25) is 0 Å². The van der Waals surface area contributed by atoms with Crippen LogP contribution in [-0.2, 0) is 16.6 Å². The molecule has 0 unspecified atom stereocenters. The van der Waals surface area contributed by atoms with Crippen molar-refractivity contribution in [2.24, 2.45) is 0 Å². The summed E-state index contributed by atoms with van der Waals surface area (Å²) in [4.78, 5) is 24.4. The standard InChI is InChI=1S/C29H38F3N5O.2ClH/c1-20-15-36(24(14-33-20)16-35-10-4-9-29(31,32)19-35)17-26(38)37-18-28(2,3)27-25(37)12-22(13-34-27)11-21-5-7-23(30)8-6-21;;/h5-8,12-13,20,24,33H,4,9-11,14-19H2,1-3H3;2*1H/t20-,24-;;/m1../s1. The summed E-state index contributed by atoms with van der Waals surface area (Å²) in [6.07, 6.45) is 2.89. The summed E-state index contributed by atoms with van der Waals surface area (Å²) >= 11 is 0. The molecule has 11 heteroatoms. The summed E-state index contributed by atoms with van der Waals surface area (Å²) in [6.45, 7) is 9.39. The van der Waals surface area contributed by atoms with Crippen molar-refractivity contribution in [3.63, 3.8) is 0 Å². The number of likely N-dealkylation sites (tertiary alicyclic amines) is 1. The number of pyridine rings is 1. The average Bonchev–Trinajstić information content (AvgIpc) is 3.12. The molecule has 5 rings (SSSR count). The summed E-state index contributed by atoms with van der Waals surface area (Å²) in [7, 11) is 0. The normalized spacial score (nSPS) is 24.1. The SMILES string of the molecule is C[C@@H]1CN(CC(=O)N2CC(C)(C)c3ncc(Cc4ccc(F)cc4)cc32)[C@@H](CN2CCCC(F)(F)C2)CN1.Cl.Cl. The second-order valence-corrected chi connectivity index (χ2v) is 12.0. The molecular formula is C29H40Cl2F3N5O. The third-order valence-electron chi connectivity index (χ3n) is 8.04. The Balaban J connectivity index is 0.00000220. The highest BCUT2D eigenvalue weighted by atomic mass is 35.5. The number of nitrogens with one attached hydrogen (secondary N) is 1. The van der Waals surface area contributed by atoms with E-state index in [0.717, 1.165) is 22.5 Å². The summed E-state index contributed by atoms with van der Waals surface area (Å²) in [6, 6.07) is 8.66. The lowest BCUT2D eigenvalue weighted by Gasteiger charge is -2.43. The van der Waals surface area contributed by atoms with Gasteiger partial charge in [-0.2, -0.15) is 0 Å². The highest BCUT2D eigenvalue weighted by Gasteiger charge is 2.41. The maximum absolute atomic E-state index is 14.0. The number of amides is 1. The summed E-state index contributed by atoms with van der Waals surface area (Å²) in [5.41, 5.74) is 3.38. The van der Waals surface area contributed by atoms with Crippen LogP contribution < -0.4 is 10.2 Å². The van der Waals surface area contributed by atoms with Crippen molar-refractivity contribution in [1.82, 2.24) is 20.1 Å². The molecule has 222 valence electrons. The third-order valence-corrected chi connectivity index (χ3v) is 8.04. The number of halogens is 5. The number of rotatable bonds is 6. The van der Waals surface area contributed by atoms with Crippen LogP contribution in [-0.4, -0.2) is 84.5 Å². The fourth-order valence-corrected chi connectivity index (χ4v) is 6.10. The van der Waals surface area contributed by atoms with Crippen LogP contribution in [0.1, 0.15) is 50.4 Å². The molecule has 4 heterocycles. The Kier molecular flexibility index (Phi) is 10.6. The van der Waals surface area contributed by atoms with Gasteiger partial charge in [0.15, 0.2) is 0 Å². The van der Waals surface area contributed by atoms with Crippen LogP contribution in [0.3, 0.4) is 0 Å². The van der Waals surface area contributed by atoms with Gasteiger partial charge in [-0.15, -0.1) is 24.8 Å². The number of aromatic nitrogens is 1. The van der Waals surface area contributed by atoms with Crippen LogP contribution in [0.15, 0.2) is 36.5 Å². The molecule has 6 nitrogen and oxygen atoms in total. The first-order valence-corrected chi connectivity index (χ1v) is 13.6. The summed E-state index contributed by atoms with van der Waals surface area (Å²) in [5, 5.41) is 3.46. The molecule has 2 fully saturated rings. The molecule has 40 heavy (non-hydrogen) atoms. The van der Waals surface area contributed by atoms with Crippen LogP contribution in [0.25, 0.3) is 0 Å². The molecule has 1 aromatic heterocycles. The molecule has 3 aliphatic heterocycles. The van der Waals surface area contributed by atoms with Gasteiger partial charge in [-0.05, 0) is 55.6 Å². The zero-order chi connectivity index (χ0) is 27.1. The van der Waals surface area contributed by atoms with Gasteiger partial charge in [-0.3, -0.25) is 19.6 Å². The van der Waals surface area contributed by atoms with Crippen molar-refractivity contribution in [1.29, 1.82) is 0 Å².